The van der Waals surface area contributed by atoms with Crippen molar-refractivity contribution in [2.24, 2.45) is 0 Å². The van der Waals surface area contributed by atoms with Gasteiger partial charge in [0.05, 0.1) is 0 Å². The fourth-order valence-corrected chi connectivity index (χ4v) is 1.29. The Morgan fingerprint density at radius 3 is 3.00 bits per heavy atom. The molecule has 0 unspecified atom stereocenters. The summed E-state index contributed by atoms with van der Waals surface area (Å²) < 4.78 is 0. The molecule has 0 fully saturated rings. The number of rotatable bonds is 4. The SMILES string of the molecule is Nc1ccnc(NCCc2ncc[nH]2)c1. The van der Waals surface area contributed by atoms with Gasteiger partial charge >= 0.3 is 0 Å². The van der Waals surface area contributed by atoms with E-state index in [9.17, 15) is 0 Å². The van der Waals surface area contributed by atoms with Crippen LogP contribution in [0, 0.1) is 0 Å². The third-order valence-corrected chi connectivity index (χ3v) is 2.01. The van der Waals surface area contributed by atoms with Gasteiger partial charge in [0.1, 0.15) is 11.6 Å². The minimum Gasteiger partial charge on any atom is -0.399 e. The van der Waals surface area contributed by atoms with E-state index in [0.29, 0.717) is 5.69 Å². The van der Waals surface area contributed by atoms with Crippen molar-refractivity contribution in [3.05, 3.63) is 36.5 Å². The van der Waals surface area contributed by atoms with Crippen LogP contribution in [-0.4, -0.2) is 21.5 Å². The number of hydrogen-bond acceptors (Lipinski definition) is 4. The monoisotopic (exact) mass is 203 g/mol. The van der Waals surface area contributed by atoms with E-state index < -0.39 is 0 Å². The molecule has 5 heteroatoms. The highest BCUT2D eigenvalue weighted by molar-refractivity contribution is 5.48. The van der Waals surface area contributed by atoms with Gasteiger partial charge in [-0.1, -0.05) is 0 Å². The molecule has 0 saturated heterocycles. The third-order valence-electron chi connectivity index (χ3n) is 2.01. The Balaban J connectivity index is 1.83. The van der Waals surface area contributed by atoms with Gasteiger partial charge in [-0.2, -0.15) is 0 Å². The molecule has 0 spiro atoms. The molecule has 0 aromatic carbocycles. The van der Waals surface area contributed by atoms with Crippen LogP contribution in [0.2, 0.25) is 0 Å². The van der Waals surface area contributed by atoms with E-state index in [0.717, 1.165) is 24.6 Å². The fourth-order valence-electron chi connectivity index (χ4n) is 1.29. The Bertz CT molecular complexity index is 410. The molecule has 2 aromatic rings. The Morgan fingerprint density at radius 2 is 2.27 bits per heavy atom. The first kappa shape index (κ1) is 9.51. The highest BCUT2D eigenvalue weighted by atomic mass is 15.0. The van der Waals surface area contributed by atoms with Gasteiger partial charge in [0.2, 0.25) is 0 Å². The van der Waals surface area contributed by atoms with Gasteiger partial charge in [-0.3, -0.25) is 0 Å². The van der Waals surface area contributed by atoms with Crippen LogP contribution in [0.25, 0.3) is 0 Å². The number of nitrogen functional groups attached to an aromatic ring is 1. The van der Waals surface area contributed by atoms with Crippen LogP contribution in [0.4, 0.5) is 11.5 Å². The first-order valence-corrected chi connectivity index (χ1v) is 4.78. The van der Waals surface area contributed by atoms with Crippen LogP contribution in [0.3, 0.4) is 0 Å². The minimum atomic E-state index is 0.713. The van der Waals surface area contributed by atoms with Gasteiger partial charge in [-0.15, -0.1) is 0 Å². The van der Waals surface area contributed by atoms with E-state index >= 15 is 0 Å². The van der Waals surface area contributed by atoms with E-state index in [2.05, 4.69) is 20.3 Å². The van der Waals surface area contributed by atoms with Crippen LogP contribution >= 0.6 is 0 Å². The van der Waals surface area contributed by atoms with Crippen molar-refractivity contribution in [2.45, 2.75) is 6.42 Å². The zero-order valence-corrected chi connectivity index (χ0v) is 8.27. The topological polar surface area (TPSA) is 79.6 Å². The number of nitrogens with zero attached hydrogens (tertiary/aromatic N) is 2. The van der Waals surface area contributed by atoms with Gasteiger partial charge in [0.15, 0.2) is 0 Å². The number of aromatic amines is 1. The summed E-state index contributed by atoms with van der Waals surface area (Å²) in [4.78, 5) is 11.3. The molecule has 0 aliphatic rings. The standard InChI is InChI=1S/C10H13N5/c11-8-1-3-12-10(7-8)13-4-2-9-14-5-6-15-9/h1,3,5-7H,2,4H2,(H,14,15)(H3,11,12,13). The lowest BCUT2D eigenvalue weighted by Crippen LogP contribution is -2.07. The molecule has 0 bridgehead atoms. The quantitative estimate of drug-likeness (QED) is 0.693. The van der Waals surface area contributed by atoms with Crippen LogP contribution in [0.15, 0.2) is 30.7 Å². The van der Waals surface area contributed by atoms with Crippen molar-refractivity contribution in [1.29, 1.82) is 0 Å². The summed E-state index contributed by atoms with van der Waals surface area (Å²) in [5.74, 6) is 1.76. The molecule has 0 atom stereocenters. The molecule has 0 aliphatic heterocycles. The summed E-state index contributed by atoms with van der Waals surface area (Å²) in [6.45, 7) is 0.782. The predicted octanol–water partition coefficient (Wildman–Crippen LogP) is 1.04. The second-order valence-corrected chi connectivity index (χ2v) is 3.19. The lowest BCUT2D eigenvalue weighted by Gasteiger charge is -2.04. The van der Waals surface area contributed by atoms with E-state index in [1.165, 1.54) is 0 Å². The number of H-pyrrole nitrogens is 1. The van der Waals surface area contributed by atoms with E-state index in [1.54, 1.807) is 18.5 Å². The predicted molar refractivity (Wildman–Crippen MR) is 59.4 cm³/mol. The largest absolute Gasteiger partial charge is 0.399 e. The molecule has 2 aromatic heterocycles. The lowest BCUT2D eigenvalue weighted by atomic mass is 10.3. The number of hydrogen-bond donors (Lipinski definition) is 3. The molecule has 0 saturated carbocycles. The number of pyridine rings is 1. The summed E-state index contributed by atoms with van der Waals surface area (Å²) in [6, 6.07) is 3.57. The van der Waals surface area contributed by atoms with Crippen molar-refractivity contribution in [3.8, 4) is 0 Å². The first-order valence-electron chi connectivity index (χ1n) is 4.78. The molecule has 5 nitrogen and oxygen atoms in total. The normalized spacial score (nSPS) is 10.1. The summed E-state index contributed by atoms with van der Waals surface area (Å²) in [5, 5.41) is 3.17. The number of anilines is 2. The van der Waals surface area contributed by atoms with Gasteiger partial charge in [-0.05, 0) is 6.07 Å². The molecule has 0 aliphatic carbocycles. The fraction of sp³-hybridized carbons (Fsp3) is 0.200. The van der Waals surface area contributed by atoms with Crippen LogP contribution in [0.1, 0.15) is 5.82 Å². The van der Waals surface area contributed by atoms with E-state index in [4.69, 9.17) is 5.73 Å². The minimum absolute atomic E-state index is 0.713. The van der Waals surface area contributed by atoms with Crippen molar-refractivity contribution < 1.29 is 0 Å². The molecule has 0 radical (unpaired) electrons. The molecule has 15 heavy (non-hydrogen) atoms. The Labute approximate surface area is 87.8 Å². The average molecular weight is 203 g/mol. The zero-order valence-electron chi connectivity index (χ0n) is 8.27. The van der Waals surface area contributed by atoms with Crippen LogP contribution in [-0.2, 0) is 6.42 Å². The van der Waals surface area contributed by atoms with Crippen molar-refractivity contribution in [1.82, 2.24) is 15.0 Å². The maximum atomic E-state index is 5.63. The smallest absolute Gasteiger partial charge is 0.127 e. The molecular formula is C10H13N5. The summed E-state index contributed by atoms with van der Waals surface area (Å²) >= 11 is 0. The van der Waals surface area contributed by atoms with Crippen molar-refractivity contribution in [2.75, 3.05) is 17.6 Å². The molecule has 4 N–H and O–H groups in total. The maximum absolute atomic E-state index is 5.63. The summed E-state index contributed by atoms with van der Waals surface area (Å²) in [7, 11) is 0. The third kappa shape index (κ3) is 2.70. The Morgan fingerprint density at radius 1 is 1.33 bits per heavy atom. The lowest BCUT2D eigenvalue weighted by molar-refractivity contribution is 0.922. The molecule has 2 heterocycles. The van der Waals surface area contributed by atoms with E-state index in [1.807, 2.05) is 12.3 Å². The van der Waals surface area contributed by atoms with Crippen molar-refractivity contribution in [3.63, 3.8) is 0 Å². The van der Waals surface area contributed by atoms with Crippen LogP contribution < -0.4 is 11.1 Å². The second-order valence-electron chi connectivity index (χ2n) is 3.19. The number of imidazole rings is 1. The Kier molecular flexibility index (Phi) is 2.82. The molecular weight excluding hydrogens is 190 g/mol. The summed E-state index contributed by atoms with van der Waals surface area (Å²) in [6.07, 6.45) is 6.08. The van der Waals surface area contributed by atoms with E-state index in [-0.39, 0.29) is 0 Å². The summed E-state index contributed by atoms with van der Waals surface area (Å²) in [5.41, 5.74) is 6.34. The number of nitrogens with one attached hydrogen (secondary N) is 2. The van der Waals surface area contributed by atoms with Gasteiger partial charge in [0.25, 0.3) is 0 Å². The molecule has 0 amide bonds. The number of aromatic nitrogens is 3. The van der Waals surface area contributed by atoms with Gasteiger partial charge in [-0.25, -0.2) is 9.97 Å². The average Bonchev–Trinajstić information content (AvgIpc) is 2.71. The highest BCUT2D eigenvalue weighted by Gasteiger charge is 1.96. The molecule has 2 rings (SSSR count). The maximum Gasteiger partial charge on any atom is 0.127 e. The van der Waals surface area contributed by atoms with Crippen LogP contribution in [0.5, 0.6) is 0 Å². The second kappa shape index (κ2) is 4.45. The highest BCUT2D eigenvalue weighted by Crippen LogP contribution is 2.07. The van der Waals surface area contributed by atoms with Crippen molar-refractivity contribution >= 4 is 11.5 Å². The van der Waals surface area contributed by atoms with Gasteiger partial charge in [0, 0.05) is 43.3 Å². The Hall–Kier alpha value is -2.04. The molecule has 78 valence electrons. The first-order chi connectivity index (χ1) is 7.34. The number of nitrogens with two attached hydrogens (primary N) is 1. The zero-order chi connectivity index (χ0) is 10.5. The van der Waals surface area contributed by atoms with Gasteiger partial charge < -0.3 is 16.0 Å².